The first-order chi connectivity index (χ1) is 11.9. The first kappa shape index (κ1) is 18.1. The number of benzene rings is 1. The minimum Gasteiger partial charge on any atom is -0.336 e. The Kier molecular flexibility index (Phi) is 5.27. The molecule has 2 heterocycles. The second-order valence-corrected chi connectivity index (χ2v) is 9.24. The van der Waals surface area contributed by atoms with Crippen LogP contribution in [0.4, 0.5) is 0 Å². The molecule has 1 aliphatic rings. The number of carbonyl (C=O) groups is 1. The van der Waals surface area contributed by atoms with Crippen LogP contribution in [-0.4, -0.2) is 43.2 Å². The Morgan fingerprint density at radius 3 is 2.80 bits per heavy atom. The van der Waals surface area contributed by atoms with Crippen LogP contribution in [-0.2, 0) is 16.6 Å². The predicted octanol–water partition coefficient (Wildman–Crippen LogP) is 3.19. The molecule has 0 bridgehead atoms. The number of hydrogen-bond donors (Lipinski definition) is 0. The van der Waals surface area contributed by atoms with Gasteiger partial charge in [0.2, 0.25) is 10.0 Å². The number of thiophene rings is 1. The Morgan fingerprint density at radius 1 is 1.36 bits per heavy atom. The maximum absolute atomic E-state index is 12.8. The normalized spacial score (nSPS) is 18.0. The Labute approximate surface area is 152 Å². The number of sulfonamides is 1. The molecule has 1 fully saturated rings. The zero-order valence-corrected chi connectivity index (χ0v) is 16.0. The molecule has 1 atom stereocenters. The van der Waals surface area contributed by atoms with Gasteiger partial charge in [-0.05, 0) is 60.4 Å². The summed E-state index contributed by atoms with van der Waals surface area (Å²) in [6.07, 6.45) is 1.99. The molecule has 1 aliphatic heterocycles. The third-order valence-corrected chi connectivity index (χ3v) is 7.12. The average molecular weight is 379 g/mol. The van der Waals surface area contributed by atoms with E-state index in [1.807, 2.05) is 28.7 Å². The van der Waals surface area contributed by atoms with Crippen molar-refractivity contribution in [1.82, 2.24) is 9.21 Å². The van der Waals surface area contributed by atoms with Crippen molar-refractivity contribution in [3.63, 3.8) is 0 Å². The molecule has 0 N–H and O–H groups in total. The van der Waals surface area contributed by atoms with Gasteiger partial charge >= 0.3 is 0 Å². The summed E-state index contributed by atoms with van der Waals surface area (Å²) in [6.45, 7) is 3.07. The molecule has 1 unspecified atom stereocenters. The van der Waals surface area contributed by atoms with E-state index in [4.69, 9.17) is 0 Å². The Balaban J connectivity index is 1.83. The van der Waals surface area contributed by atoms with Crippen LogP contribution in [0.3, 0.4) is 0 Å². The summed E-state index contributed by atoms with van der Waals surface area (Å²) in [5.41, 5.74) is 1.38. The molecule has 0 aliphatic carbocycles. The summed E-state index contributed by atoms with van der Waals surface area (Å²) in [5.74, 6) is -0.0949. The SMILES string of the molecule is CC1CCCN1C(=O)c1cccc(S(=O)(=O)N(C)Cc2ccsc2)c1. The number of rotatable bonds is 5. The van der Waals surface area contributed by atoms with Crippen LogP contribution in [0.25, 0.3) is 0 Å². The van der Waals surface area contributed by atoms with E-state index in [0.29, 0.717) is 12.1 Å². The Hall–Kier alpha value is -1.70. The standard InChI is InChI=1S/C18H22N2O3S2/c1-14-5-4-9-20(14)18(21)16-6-3-7-17(11-16)25(22,23)19(2)12-15-8-10-24-13-15/h3,6-8,10-11,13-14H,4-5,9,12H2,1-2H3. The highest BCUT2D eigenvalue weighted by atomic mass is 32.2. The maximum Gasteiger partial charge on any atom is 0.254 e. The van der Waals surface area contributed by atoms with Crippen LogP contribution in [0.5, 0.6) is 0 Å². The van der Waals surface area contributed by atoms with Crippen molar-refractivity contribution in [1.29, 1.82) is 0 Å². The summed E-state index contributed by atoms with van der Waals surface area (Å²) >= 11 is 1.54. The molecule has 1 saturated heterocycles. The van der Waals surface area contributed by atoms with Crippen molar-refractivity contribution in [2.75, 3.05) is 13.6 Å². The lowest BCUT2D eigenvalue weighted by atomic mass is 10.2. The van der Waals surface area contributed by atoms with E-state index >= 15 is 0 Å². The molecule has 0 spiro atoms. The van der Waals surface area contributed by atoms with Gasteiger partial charge in [-0.25, -0.2) is 8.42 Å². The van der Waals surface area contributed by atoms with Gasteiger partial charge in [0, 0.05) is 31.7 Å². The second-order valence-electron chi connectivity index (χ2n) is 6.41. The van der Waals surface area contributed by atoms with Crippen LogP contribution in [0, 0.1) is 0 Å². The first-order valence-electron chi connectivity index (χ1n) is 8.28. The van der Waals surface area contributed by atoms with E-state index in [-0.39, 0.29) is 16.8 Å². The van der Waals surface area contributed by atoms with E-state index in [1.165, 1.54) is 21.7 Å². The number of hydrogen-bond acceptors (Lipinski definition) is 4. The first-order valence-corrected chi connectivity index (χ1v) is 10.7. The molecular formula is C18H22N2O3S2. The number of carbonyl (C=O) groups excluding carboxylic acids is 1. The molecule has 0 saturated carbocycles. The van der Waals surface area contributed by atoms with Gasteiger partial charge in [-0.15, -0.1) is 0 Å². The summed E-state index contributed by atoms with van der Waals surface area (Å²) in [7, 11) is -2.08. The Bertz CT molecular complexity index is 847. The van der Waals surface area contributed by atoms with Crippen molar-refractivity contribution in [3.05, 3.63) is 52.2 Å². The van der Waals surface area contributed by atoms with E-state index in [2.05, 4.69) is 0 Å². The van der Waals surface area contributed by atoms with Gasteiger partial charge in [-0.3, -0.25) is 4.79 Å². The quantitative estimate of drug-likeness (QED) is 0.803. The van der Waals surface area contributed by atoms with Crippen molar-refractivity contribution in [3.8, 4) is 0 Å². The lowest BCUT2D eigenvalue weighted by Crippen LogP contribution is -2.33. The van der Waals surface area contributed by atoms with Crippen molar-refractivity contribution < 1.29 is 13.2 Å². The van der Waals surface area contributed by atoms with Crippen LogP contribution in [0.15, 0.2) is 46.0 Å². The molecule has 1 aromatic heterocycles. The van der Waals surface area contributed by atoms with E-state index < -0.39 is 10.0 Å². The topological polar surface area (TPSA) is 57.7 Å². The highest BCUT2D eigenvalue weighted by Crippen LogP contribution is 2.23. The van der Waals surface area contributed by atoms with Gasteiger partial charge in [-0.1, -0.05) is 6.07 Å². The molecule has 134 valence electrons. The number of amides is 1. The van der Waals surface area contributed by atoms with Gasteiger partial charge < -0.3 is 4.90 Å². The van der Waals surface area contributed by atoms with Gasteiger partial charge in [0.25, 0.3) is 5.91 Å². The van der Waals surface area contributed by atoms with Crippen LogP contribution in [0.1, 0.15) is 35.7 Å². The smallest absolute Gasteiger partial charge is 0.254 e. The van der Waals surface area contributed by atoms with E-state index in [1.54, 1.807) is 25.2 Å². The fourth-order valence-electron chi connectivity index (χ4n) is 3.10. The monoisotopic (exact) mass is 378 g/mol. The third kappa shape index (κ3) is 3.78. The zero-order chi connectivity index (χ0) is 18.0. The zero-order valence-electron chi connectivity index (χ0n) is 14.4. The molecule has 25 heavy (non-hydrogen) atoms. The molecule has 7 heteroatoms. The fourth-order valence-corrected chi connectivity index (χ4v) is 4.96. The molecule has 3 rings (SSSR count). The highest BCUT2D eigenvalue weighted by molar-refractivity contribution is 7.89. The van der Waals surface area contributed by atoms with Crippen LogP contribution in [0.2, 0.25) is 0 Å². The minimum absolute atomic E-state index is 0.0949. The van der Waals surface area contributed by atoms with Gasteiger partial charge in [-0.2, -0.15) is 15.6 Å². The van der Waals surface area contributed by atoms with Gasteiger partial charge in [0.05, 0.1) is 4.90 Å². The average Bonchev–Trinajstić information content (AvgIpc) is 3.26. The molecular weight excluding hydrogens is 356 g/mol. The summed E-state index contributed by atoms with van der Waals surface area (Å²) in [5, 5.41) is 3.85. The highest BCUT2D eigenvalue weighted by Gasteiger charge is 2.27. The largest absolute Gasteiger partial charge is 0.336 e. The third-order valence-electron chi connectivity index (χ3n) is 4.59. The maximum atomic E-state index is 12.8. The second kappa shape index (κ2) is 7.27. The summed E-state index contributed by atoms with van der Waals surface area (Å²) < 4.78 is 27.0. The fraction of sp³-hybridized carbons (Fsp3) is 0.389. The number of likely N-dealkylation sites (tertiary alicyclic amines) is 1. The molecule has 0 radical (unpaired) electrons. The van der Waals surface area contributed by atoms with E-state index in [0.717, 1.165) is 24.9 Å². The molecule has 1 amide bonds. The predicted molar refractivity (Wildman–Crippen MR) is 99.1 cm³/mol. The molecule has 5 nitrogen and oxygen atoms in total. The van der Waals surface area contributed by atoms with Gasteiger partial charge in [0.1, 0.15) is 0 Å². The summed E-state index contributed by atoms with van der Waals surface area (Å²) in [4.78, 5) is 14.7. The van der Waals surface area contributed by atoms with Crippen molar-refractivity contribution in [2.45, 2.75) is 37.2 Å². The van der Waals surface area contributed by atoms with Crippen molar-refractivity contribution >= 4 is 27.3 Å². The minimum atomic E-state index is -3.64. The summed E-state index contributed by atoms with van der Waals surface area (Å²) in [6, 6.07) is 8.47. The lowest BCUT2D eigenvalue weighted by molar-refractivity contribution is 0.0747. The van der Waals surface area contributed by atoms with E-state index in [9.17, 15) is 13.2 Å². The Morgan fingerprint density at radius 2 is 2.16 bits per heavy atom. The van der Waals surface area contributed by atoms with Crippen LogP contribution >= 0.6 is 11.3 Å². The van der Waals surface area contributed by atoms with Gasteiger partial charge in [0.15, 0.2) is 0 Å². The number of nitrogens with zero attached hydrogens (tertiary/aromatic N) is 2. The molecule has 2 aromatic rings. The lowest BCUT2D eigenvalue weighted by Gasteiger charge is -2.22. The molecule has 1 aromatic carbocycles. The van der Waals surface area contributed by atoms with Crippen molar-refractivity contribution in [2.24, 2.45) is 0 Å². The van der Waals surface area contributed by atoms with Crippen LogP contribution < -0.4 is 0 Å².